The van der Waals surface area contributed by atoms with Crippen molar-refractivity contribution >= 4 is 17.6 Å². The first-order valence-corrected chi connectivity index (χ1v) is 4.16. The monoisotopic (exact) mass is 229 g/mol. The summed E-state index contributed by atoms with van der Waals surface area (Å²) < 4.78 is 61.8. The topological polar surface area (TPSA) is 12.0 Å². The number of nitrogens with one attached hydrogen (secondary N) is 1. The van der Waals surface area contributed by atoms with E-state index in [9.17, 15) is 22.0 Å². The molecule has 0 amide bonds. The number of benzene rings is 1. The van der Waals surface area contributed by atoms with E-state index in [1.807, 2.05) is 0 Å². The lowest BCUT2D eigenvalue weighted by Crippen LogP contribution is -2.05. The largest absolute Gasteiger partial charge is 0.461 e. The SMILES string of the molecule is Fc1ccc(NSC(F)(F)F)c(F)c1. The number of hydrogen-bond donors (Lipinski definition) is 1. The minimum absolute atomic E-state index is 0.409. The highest BCUT2D eigenvalue weighted by molar-refractivity contribution is 8.01. The maximum Gasteiger partial charge on any atom is 0.461 e. The van der Waals surface area contributed by atoms with Crippen molar-refractivity contribution in [1.29, 1.82) is 0 Å². The summed E-state index contributed by atoms with van der Waals surface area (Å²) in [6.45, 7) is 0. The van der Waals surface area contributed by atoms with Gasteiger partial charge in [-0.05, 0) is 12.1 Å². The van der Waals surface area contributed by atoms with Crippen LogP contribution in [-0.2, 0) is 0 Å². The molecule has 0 saturated carbocycles. The third-order valence-electron chi connectivity index (χ3n) is 1.21. The lowest BCUT2D eigenvalue weighted by molar-refractivity contribution is -0.0323. The van der Waals surface area contributed by atoms with E-state index in [-0.39, 0.29) is 0 Å². The Labute approximate surface area is 80.4 Å². The normalized spacial score (nSPS) is 11.5. The summed E-state index contributed by atoms with van der Waals surface area (Å²) in [6, 6.07) is 2.25. The highest BCUT2D eigenvalue weighted by atomic mass is 32.2. The van der Waals surface area contributed by atoms with E-state index in [0.717, 1.165) is 12.1 Å². The second-order valence-electron chi connectivity index (χ2n) is 2.27. The molecule has 0 aliphatic rings. The Hall–Kier alpha value is -0.980. The van der Waals surface area contributed by atoms with E-state index in [1.54, 1.807) is 4.72 Å². The minimum Gasteiger partial charge on any atom is -0.320 e. The zero-order valence-corrected chi connectivity index (χ0v) is 7.35. The summed E-state index contributed by atoms with van der Waals surface area (Å²) in [7, 11) is 0. The molecule has 0 unspecified atom stereocenters. The molecular formula is C7H4F5NS. The zero-order chi connectivity index (χ0) is 10.8. The first kappa shape index (κ1) is 11.1. The fourth-order valence-corrected chi connectivity index (χ4v) is 1.08. The molecule has 0 aliphatic heterocycles. The molecule has 0 spiro atoms. The molecule has 1 N–H and O–H groups in total. The zero-order valence-electron chi connectivity index (χ0n) is 6.53. The lowest BCUT2D eigenvalue weighted by atomic mass is 10.3. The first-order valence-electron chi connectivity index (χ1n) is 3.34. The number of hydrogen-bond acceptors (Lipinski definition) is 2. The average Bonchev–Trinajstić information content (AvgIpc) is 2.00. The van der Waals surface area contributed by atoms with Crippen LogP contribution in [0.15, 0.2) is 18.2 Å². The van der Waals surface area contributed by atoms with Gasteiger partial charge in [-0.1, -0.05) is 0 Å². The van der Waals surface area contributed by atoms with Gasteiger partial charge in [0.05, 0.1) is 17.6 Å². The third kappa shape index (κ3) is 3.41. The fourth-order valence-electron chi connectivity index (χ4n) is 0.685. The van der Waals surface area contributed by atoms with Gasteiger partial charge in [-0.15, -0.1) is 0 Å². The molecule has 1 nitrogen and oxygen atoms in total. The van der Waals surface area contributed by atoms with Crippen LogP contribution in [0.25, 0.3) is 0 Å². The second kappa shape index (κ2) is 4.04. The van der Waals surface area contributed by atoms with Crippen molar-refractivity contribution in [1.82, 2.24) is 0 Å². The van der Waals surface area contributed by atoms with Gasteiger partial charge in [-0.25, -0.2) is 8.78 Å². The van der Waals surface area contributed by atoms with Crippen LogP contribution < -0.4 is 4.72 Å². The van der Waals surface area contributed by atoms with Crippen molar-refractivity contribution in [2.75, 3.05) is 4.72 Å². The predicted octanol–water partition coefficient (Wildman–Crippen LogP) is 3.54. The van der Waals surface area contributed by atoms with Crippen LogP contribution in [0.4, 0.5) is 27.6 Å². The molecule has 7 heteroatoms. The van der Waals surface area contributed by atoms with Crippen molar-refractivity contribution < 1.29 is 22.0 Å². The van der Waals surface area contributed by atoms with Gasteiger partial charge in [0.2, 0.25) is 0 Å². The maximum atomic E-state index is 12.7. The van der Waals surface area contributed by atoms with Gasteiger partial charge >= 0.3 is 5.51 Å². The van der Waals surface area contributed by atoms with Crippen molar-refractivity contribution in [3.05, 3.63) is 29.8 Å². The van der Waals surface area contributed by atoms with E-state index in [2.05, 4.69) is 0 Å². The Morgan fingerprint density at radius 2 is 1.79 bits per heavy atom. The molecule has 1 aromatic carbocycles. The Morgan fingerprint density at radius 3 is 2.29 bits per heavy atom. The second-order valence-corrected chi connectivity index (χ2v) is 3.15. The molecule has 78 valence electrons. The summed E-state index contributed by atoms with van der Waals surface area (Å²) in [5.74, 6) is -1.91. The van der Waals surface area contributed by atoms with Crippen LogP contribution >= 0.6 is 11.9 Å². The molecule has 0 heterocycles. The standard InChI is InChI=1S/C7H4F5NS/c8-4-1-2-6(5(9)3-4)13-14-7(10,11)12/h1-3,13H. The van der Waals surface area contributed by atoms with Gasteiger partial charge in [0, 0.05) is 6.07 Å². The molecule has 0 atom stereocenters. The van der Waals surface area contributed by atoms with E-state index in [4.69, 9.17) is 0 Å². The first-order chi connectivity index (χ1) is 6.38. The number of rotatable bonds is 2. The molecule has 0 aromatic heterocycles. The molecule has 1 rings (SSSR count). The quantitative estimate of drug-likeness (QED) is 0.614. The molecular weight excluding hydrogens is 225 g/mol. The predicted molar refractivity (Wildman–Crippen MR) is 43.6 cm³/mol. The molecule has 14 heavy (non-hydrogen) atoms. The van der Waals surface area contributed by atoms with Crippen LogP contribution in [0.1, 0.15) is 0 Å². The Balaban J connectivity index is 2.68. The van der Waals surface area contributed by atoms with E-state index in [0.29, 0.717) is 6.07 Å². The van der Waals surface area contributed by atoms with Gasteiger partial charge < -0.3 is 4.72 Å². The number of anilines is 1. The molecule has 0 radical (unpaired) electrons. The molecule has 0 aliphatic carbocycles. The highest BCUT2D eigenvalue weighted by Gasteiger charge is 2.29. The van der Waals surface area contributed by atoms with Gasteiger partial charge in [0.1, 0.15) is 11.6 Å². The highest BCUT2D eigenvalue weighted by Crippen LogP contribution is 2.31. The van der Waals surface area contributed by atoms with Crippen LogP contribution in [-0.4, -0.2) is 5.51 Å². The van der Waals surface area contributed by atoms with E-state index in [1.165, 1.54) is 0 Å². The molecule has 1 aromatic rings. The Bertz CT molecular complexity index is 324. The van der Waals surface area contributed by atoms with Gasteiger partial charge in [0.25, 0.3) is 0 Å². The van der Waals surface area contributed by atoms with Crippen LogP contribution in [0, 0.1) is 11.6 Å². The number of alkyl halides is 3. The van der Waals surface area contributed by atoms with Crippen molar-refractivity contribution in [3.8, 4) is 0 Å². The minimum atomic E-state index is -4.51. The summed E-state index contributed by atoms with van der Waals surface area (Å²) in [5.41, 5.74) is -4.92. The smallest absolute Gasteiger partial charge is 0.320 e. The van der Waals surface area contributed by atoms with Gasteiger partial charge in [-0.3, -0.25) is 0 Å². The Kier molecular flexibility index (Phi) is 3.20. The fraction of sp³-hybridized carbons (Fsp3) is 0.143. The van der Waals surface area contributed by atoms with Crippen LogP contribution in [0.5, 0.6) is 0 Å². The van der Waals surface area contributed by atoms with Gasteiger partial charge in [0.15, 0.2) is 0 Å². The summed E-state index contributed by atoms with van der Waals surface area (Å²) >= 11 is -0.606. The van der Waals surface area contributed by atoms with E-state index >= 15 is 0 Å². The molecule has 0 fully saturated rings. The van der Waals surface area contributed by atoms with Crippen molar-refractivity contribution in [2.24, 2.45) is 0 Å². The average molecular weight is 229 g/mol. The maximum absolute atomic E-state index is 12.7. The third-order valence-corrected chi connectivity index (χ3v) is 1.76. The van der Waals surface area contributed by atoms with E-state index < -0.39 is 34.8 Å². The summed E-state index contributed by atoms with van der Waals surface area (Å²) in [5, 5.41) is 0. The van der Waals surface area contributed by atoms with Crippen molar-refractivity contribution in [3.63, 3.8) is 0 Å². The van der Waals surface area contributed by atoms with Crippen molar-refractivity contribution in [2.45, 2.75) is 5.51 Å². The lowest BCUT2D eigenvalue weighted by Gasteiger charge is -2.08. The molecule has 0 saturated heterocycles. The Morgan fingerprint density at radius 1 is 1.14 bits per heavy atom. The summed E-state index contributed by atoms with van der Waals surface area (Å²) in [6.07, 6.45) is 0. The van der Waals surface area contributed by atoms with Gasteiger partial charge in [-0.2, -0.15) is 13.2 Å². The van der Waals surface area contributed by atoms with Crippen LogP contribution in [0.3, 0.4) is 0 Å². The number of halogens is 5. The molecule has 0 bridgehead atoms. The summed E-state index contributed by atoms with van der Waals surface area (Å²) in [4.78, 5) is 0. The van der Waals surface area contributed by atoms with Crippen LogP contribution in [0.2, 0.25) is 0 Å².